The molecule has 0 aromatic rings. The fraction of sp³-hybridized carbons (Fsp3) is 0.833. The van der Waals surface area contributed by atoms with Gasteiger partial charge in [0.1, 0.15) is 0 Å². The largest absolute Gasteiger partial charge is 0.469 e. The summed E-state index contributed by atoms with van der Waals surface area (Å²) in [5.41, 5.74) is 0. The maximum atomic E-state index is 11.9. The molecule has 0 spiro atoms. The zero-order valence-corrected chi connectivity index (χ0v) is 10.2. The second kappa shape index (κ2) is 6.51. The van der Waals surface area contributed by atoms with E-state index < -0.39 is 0 Å². The minimum atomic E-state index is -0.245. The van der Waals surface area contributed by atoms with Gasteiger partial charge in [-0.15, -0.1) is 0 Å². The summed E-state index contributed by atoms with van der Waals surface area (Å²) in [5.74, 6) is 0.206. The first-order chi connectivity index (χ1) is 7.69. The number of amides is 1. The maximum Gasteiger partial charge on any atom is 0.307 e. The van der Waals surface area contributed by atoms with E-state index in [4.69, 9.17) is 0 Å². The molecular formula is C12H21NO3. The Bertz CT molecular complexity index is 249. The molecule has 4 heteroatoms. The quantitative estimate of drug-likeness (QED) is 0.620. The van der Waals surface area contributed by atoms with Crippen molar-refractivity contribution >= 4 is 11.9 Å². The summed E-state index contributed by atoms with van der Waals surface area (Å²) in [6.07, 6.45) is 4.39. The van der Waals surface area contributed by atoms with Crippen LogP contribution in [-0.4, -0.2) is 37.0 Å². The van der Waals surface area contributed by atoms with Crippen molar-refractivity contribution in [1.82, 2.24) is 4.90 Å². The third-order valence-electron chi connectivity index (χ3n) is 2.83. The second-order valence-electron chi connectivity index (χ2n) is 4.28. The Kier molecular flexibility index (Phi) is 5.29. The van der Waals surface area contributed by atoms with E-state index in [1.54, 1.807) is 0 Å². The number of esters is 1. The van der Waals surface area contributed by atoms with Crippen LogP contribution in [0.15, 0.2) is 0 Å². The molecule has 1 saturated carbocycles. The van der Waals surface area contributed by atoms with Gasteiger partial charge in [-0.25, -0.2) is 0 Å². The summed E-state index contributed by atoms with van der Waals surface area (Å²) in [4.78, 5) is 24.7. The van der Waals surface area contributed by atoms with Gasteiger partial charge in [-0.1, -0.05) is 13.3 Å². The van der Waals surface area contributed by atoms with E-state index >= 15 is 0 Å². The van der Waals surface area contributed by atoms with Gasteiger partial charge in [0.05, 0.1) is 13.5 Å². The van der Waals surface area contributed by atoms with E-state index in [0.717, 1.165) is 32.2 Å². The van der Waals surface area contributed by atoms with Crippen LogP contribution in [0.2, 0.25) is 0 Å². The number of carbonyl (C=O) groups is 2. The van der Waals surface area contributed by atoms with Gasteiger partial charge in [0.25, 0.3) is 0 Å². The van der Waals surface area contributed by atoms with Crippen molar-refractivity contribution in [3.63, 3.8) is 0 Å². The molecule has 0 radical (unpaired) electrons. The highest BCUT2D eigenvalue weighted by Crippen LogP contribution is 2.31. The van der Waals surface area contributed by atoms with Crippen molar-refractivity contribution in [2.45, 2.75) is 39.0 Å². The van der Waals surface area contributed by atoms with Crippen LogP contribution in [0.25, 0.3) is 0 Å². The molecule has 0 unspecified atom stereocenters. The average molecular weight is 227 g/mol. The van der Waals surface area contributed by atoms with Crippen molar-refractivity contribution in [3.05, 3.63) is 0 Å². The molecule has 0 N–H and O–H groups in total. The predicted molar refractivity (Wildman–Crippen MR) is 60.8 cm³/mol. The Balaban J connectivity index is 2.36. The van der Waals surface area contributed by atoms with Gasteiger partial charge in [0, 0.05) is 19.0 Å². The fourth-order valence-corrected chi connectivity index (χ4v) is 1.60. The zero-order valence-electron chi connectivity index (χ0n) is 10.2. The number of rotatable bonds is 7. The molecule has 1 fully saturated rings. The molecule has 1 aliphatic carbocycles. The van der Waals surface area contributed by atoms with E-state index in [1.165, 1.54) is 7.11 Å². The number of carbonyl (C=O) groups excluding carboxylic acids is 2. The van der Waals surface area contributed by atoms with Crippen LogP contribution in [0.1, 0.15) is 39.0 Å². The summed E-state index contributed by atoms with van der Waals surface area (Å²) in [6.45, 7) is 3.37. The molecule has 1 rings (SSSR count). The summed E-state index contributed by atoms with van der Waals surface area (Å²) in [5, 5.41) is 0. The number of unbranched alkanes of at least 4 members (excludes halogenated alkanes) is 1. The fourth-order valence-electron chi connectivity index (χ4n) is 1.60. The van der Waals surface area contributed by atoms with Gasteiger partial charge in [-0.2, -0.15) is 0 Å². The van der Waals surface area contributed by atoms with Crippen LogP contribution >= 0.6 is 0 Å². The lowest BCUT2D eigenvalue weighted by atomic mass is 10.2. The van der Waals surface area contributed by atoms with Crippen molar-refractivity contribution in [2.75, 3.05) is 20.2 Å². The van der Waals surface area contributed by atoms with Gasteiger partial charge >= 0.3 is 5.97 Å². The molecule has 0 saturated heterocycles. The molecule has 0 heterocycles. The lowest BCUT2D eigenvalue weighted by molar-refractivity contribution is -0.142. The molecule has 92 valence electrons. The zero-order chi connectivity index (χ0) is 12.0. The number of hydrogen-bond acceptors (Lipinski definition) is 3. The third kappa shape index (κ3) is 4.21. The van der Waals surface area contributed by atoms with Crippen LogP contribution in [0.5, 0.6) is 0 Å². The van der Waals surface area contributed by atoms with Crippen LogP contribution in [0.3, 0.4) is 0 Å². The van der Waals surface area contributed by atoms with Gasteiger partial charge in [-0.3, -0.25) is 9.59 Å². The second-order valence-corrected chi connectivity index (χ2v) is 4.28. The van der Waals surface area contributed by atoms with Crippen LogP contribution in [0.4, 0.5) is 0 Å². The minimum absolute atomic E-state index is 0.220. The summed E-state index contributed by atoms with van der Waals surface area (Å²) < 4.78 is 4.58. The van der Waals surface area contributed by atoms with Crippen molar-refractivity contribution in [2.24, 2.45) is 5.92 Å². The standard InChI is InChI=1S/C12H21NO3/c1-3-4-8-13(9-7-11(14)16-2)12(15)10-5-6-10/h10H,3-9H2,1-2H3. The van der Waals surface area contributed by atoms with Gasteiger partial charge in [-0.05, 0) is 19.3 Å². The number of ether oxygens (including phenoxy) is 1. The van der Waals surface area contributed by atoms with Crippen molar-refractivity contribution in [1.29, 1.82) is 0 Å². The highest BCUT2D eigenvalue weighted by atomic mass is 16.5. The normalized spacial score (nSPS) is 14.6. The molecule has 0 atom stereocenters. The Hall–Kier alpha value is -1.06. The van der Waals surface area contributed by atoms with Crippen LogP contribution in [-0.2, 0) is 14.3 Å². The molecule has 4 nitrogen and oxygen atoms in total. The number of hydrogen-bond donors (Lipinski definition) is 0. The highest BCUT2D eigenvalue weighted by molar-refractivity contribution is 5.81. The summed E-state index contributed by atoms with van der Waals surface area (Å²) in [6, 6.07) is 0. The molecule has 16 heavy (non-hydrogen) atoms. The number of nitrogens with zero attached hydrogens (tertiary/aromatic N) is 1. The maximum absolute atomic E-state index is 11.9. The van der Waals surface area contributed by atoms with E-state index in [2.05, 4.69) is 11.7 Å². The molecule has 0 aliphatic heterocycles. The lowest BCUT2D eigenvalue weighted by Crippen LogP contribution is -2.35. The average Bonchev–Trinajstić information content (AvgIpc) is 3.11. The van der Waals surface area contributed by atoms with E-state index in [0.29, 0.717) is 13.0 Å². The molecule has 1 aliphatic rings. The van der Waals surface area contributed by atoms with Gasteiger partial charge < -0.3 is 9.64 Å². The van der Waals surface area contributed by atoms with Crippen LogP contribution in [0, 0.1) is 5.92 Å². The first-order valence-electron chi connectivity index (χ1n) is 6.04. The van der Waals surface area contributed by atoms with E-state index in [-0.39, 0.29) is 17.8 Å². The van der Waals surface area contributed by atoms with E-state index in [9.17, 15) is 9.59 Å². The first kappa shape index (κ1) is 13.0. The molecule has 0 bridgehead atoms. The van der Waals surface area contributed by atoms with E-state index in [1.807, 2.05) is 4.90 Å². The topological polar surface area (TPSA) is 46.6 Å². The lowest BCUT2D eigenvalue weighted by Gasteiger charge is -2.21. The highest BCUT2D eigenvalue weighted by Gasteiger charge is 2.33. The van der Waals surface area contributed by atoms with Gasteiger partial charge in [0.15, 0.2) is 0 Å². The Morgan fingerprint density at radius 2 is 2.00 bits per heavy atom. The SMILES string of the molecule is CCCCN(CCC(=O)OC)C(=O)C1CC1. The molecule has 0 aromatic heterocycles. The first-order valence-corrected chi connectivity index (χ1v) is 6.04. The Labute approximate surface area is 96.9 Å². The smallest absolute Gasteiger partial charge is 0.307 e. The van der Waals surface area contributed by atoms with Gasteiger partial charge in [0.2, 0.25) is 5.91 Å². The number of methoxy groups -OCH3 is 1. The Morgan fingerprint density at radius 1 is 1.31 bits per heavy atom. The predicted octanol–water partition coefficient (Wildman–Crippen LogP) is 1.59. The monoisotopic (exact) mass is 227 g/mol. The molecule has 0 aromatic carbocycles. The molecular weight excluding hydrogens is 206 g/mol. The van der Waals surface area contributed by atoms with Crippen molar-refractivity contribution < 1.29 is 14.3 Å². The Morgan fingerprint density at radius 3 is 2.50 bits per heavy atom. The van der Waals surface area contributed by atoms with Crippen molar-refractivity contribution in [3.8, 4) is 0 Å². The van der Waals surface area contributed by atoms with Crippen LogP contribution < -0.4 is 0 Å². The minimum Gasteiger partial charge on any atom is -0.469 e. The summed E-state index contributed by atoms with van der Waals surface area (Å²) >= 11 is 0. The summed E-state index contributed by atoms with van der Waals surface area (Å²) in [7, 11) is 1.38. The third-order valence-corrected chi connectivity index (χ3v) is 2.83. The molecule has 1 amide bonds.